The minimum absolute atomic E-state index is 0.546. The molecular formula is C21H25Cl2N5. The summed E-state index contributed by atoms with van der Waals surface area (Å²) in [6.07, 6.45) is 1.81. The highest BCUT2D eigenvalue weighted by Gasteiger charge is 2.09. The molecule has 0 fully saturated rings. The molecule has 0 atom stereocenters. The van der Waals surface area contributed by atoms with Crippen molar-refractivity contribution >= 4 is 40.1 Å². The number of rotatable bonds is 8. The summed E-state index contributed by atoms with van der Waals surface area (Å²) in [5.74, 6) is 0.546. The first kappa shape index (κ1) is 20.6. The van der Waals surface area contributed by atoms with Crippen molar-refractivity contribution in [1.82, 2.24) is 14.5 Å². The molecule has 0 amide bonds. The lowest BCUT2D eigenvalue weighted by molar-refractivity contribution is 0.313. The van der Waals surface area contributed by atoms with Crippen LogP contribution in [-0.4, -0.2) is 46.5 Å². The maximum absolute atomic E-state index is 6.30. The second kappa shape index (κ2) is 9.41. The molecule has 5 nitrogen and oxygen atoms in total. The average Bonchev–Trinajstić information content (AvgIpc) is 3.09. The fraction of sp³-hybridized carbons (Fsp3) is 0.333. The van der Waals surface area contributed by atoms with Crippen LogP contribution >= 0.6 is 23.2 Å². The quantitative estimate of drug-likeness (QED) is 0.435. The Labute approximate surface area is 175 Å². The van der Waals surface area contributed by atoms with Crippen molar-refractivity contribution in [3.05, 3.63) is 63.9 Å². The largest absolute Gasteiger partial charge is 0.384 e. The van der Waals surface area contributed by atoms with Crippen molar-refractivity contribution in [1.29, 1.82) is 0 Å². The van der Waals surface area contributed by atoms with Crippen molar-refractivity contribution in [3.8, 4) is 0 Å². The number of imidazole rings is 1. The van der Waals surface area contributed by atoms with Gasteiger partial charge < -0.3 is 15.2 Å². The first-order valence-electron chi connectivity index (χ1n) is 9.43. The Kier molecular flexibility index (Phi) is 6.94. The molecule has 3 rings (SSSR count). The maximum atomic E-state index is 6.30. The highest BCUT2D eigenvalue weighted by atomic mass is 35.5. The van der Waals surface area contributed by atoms with Gasteiger partial charge in [0.05, 0.1) is 30.5 Å². The molecule has 0 spiro atoms. The number of hydrogen-bond acceptors (Lipinski definition) is 3. The second-order valence-corrected chi connectivity index (χ2v) is 7.45. The van der Waals surface area contributed by atoms with E-state index in [9.17, 15) is 0 Å². The zero-order valence-corrected chi connectivity index (χ0v) is 17.7. The SMILES string of the molecule is CCN(CC)CCN=C(N)c1ccc2c(c1)ncn2Cc1ccc(Cl)cc1Cl. The molecule has 0 aliphatic carbocycles. The molecule has 0 radical (unpaired) electrons. The molecule has 0 aliphatic rings. The summed E-state index contributed by atoms with van der Waals surface area (Å²) in [5, 5.41) is 1.28. The van der Waals surface area contributed by atoms with Crippen molar-refractivity contribution < 1.29 is 0 Å². The van der Waals surface area contributed by atoms with E-state index in [1.54, 1.807) is 6.07 Å². The van der Waals surface area contributed by atoms with E-state index in [1.165, 1.54) is 0 Å². The van der Waals surface area contributed by atoms with Gasteiger partial charge in [-0.2, -0.15) is 0 Å². The number of halogens is 2. The number of nitrogens with two attached hydrogens (primary N) is 1. The topological polar surface area (TPSA) is 59.4 Å². The van der Waals surface area contributed by atoms with E-state index in [-0.39, 0.29) is 0 Å². The smallest absolute Gasteiger partial charge is 0.125 e. The van der Waals surface area contributed by atoms with Crippen LogP contribution in [0.1, 0.15) is 25.0 Å². The van der Waals surface area contributed by atoms with Crippen LogP contribution in [-0.2, 0) is 6.54 Å². The number of nitrogens with zero attached hydrogens (tertiary/aromatic N) is 4. The van der Waals surface area contributed by atoms with Crippen molar-refractivity contribution in [2.75, 3.05) is 26.2 Å². The van der Waals surface area contributed by atoms with Crippen LogP contribution in [0, 0.1) is 0 Å². The number of aliphatic imine (C=N–C) groups is 1. The summed E-state index contributed by atoms with van der Waals surface area (Å²) in [5.41, 5.74) is 9.97. The Morgan fingerprint density at radius 3 is 2.64 bits per heavy atom. The number of amidine groups is 1. The van der Waals surface area contributed by atoms with Gasteiger partial charge in [0.2, 0.25) is 0 Å². The number of hydrogen-bond donors (Lipinski definition) is 1. The Hall–Kier alpha value is -2.08. The summed E-state index contributed by atoms with van der Waals surface area (Å²) < 4.78 is 2.06. The number of fused-ring (bicyclic) bond motifs is 1. The summed E-state index contributed by atoms with van der Waals surface area (Å²) in [4.78, 5) is 11.4. The lowest BCUT2D eigenvalue weighted by atomic mass is 10.1. The molecule has 1 heterocycles. The predicted molar refractivity (Wildman–Crippen MR) is 119 cm³/mol. The van der Waals surface area contributed by atoms with E-state index < -0.39 is 0 Å². The third-order valence-electron chi connectivity index (χ3n) is 4.87. The minimum Gasteiger partial charge on any atom is -0.384 e. The lowest BCUT2D eigenvalue weighted by Gasteiger charge is -2.16. The van der Waals surface area contributed by atoms with Gasteiger partial charge in [-0.1, -0.05) is 43.1 Å². The molecule has 28 heavy (non-hydrogen) atoms. The van der Waals surface area contributed by atoms with Gasteiger partial charge >= 0.3 is 0 Å². The fourth-order valence-corrected chi connectivity index (χ4v) is 3.59. The molecular weight excluding hydrogens is 393 g/mol. The number of likely N-dealkylation sites (N-methyl/N-ethyl adjacent to an activating group) is 1. The summed E-state index contributed by atoms with van der Waals surface area (Å²) in [6.45, 7) is 8.57. The van der Waals surface area contributed by atoms with Crippen LogP contribution in [0.15, 0.2) is 47.7 Å². The van der Waals surface area contributed by atoms with Gasteiger partial charge in [-0.15, -0.1) is 0 Å². The summed E-state index contributed by atoms with van der Waals surface area (Å²) in [7, 11) is 0. The van der Waals surface area contributed by atoms with E-state index in [2.05, 4.69) is 33.3 Å². The first-order chi connectivity index (χ1) is 13.5. The van der Waals surface area contributed by atoms with Crippen LogP contribution in [0.4, 0.5) is 0 Å². The zero-order valence-electron chi connectivity index (χ0n) is 16.2. The van der Waals surface area contributed by atoms with Crippen molar-refractivity contribution in [2.45, 2.75) is 20.4 Å². The van der Waals surface area contributed by atoms with Gasteiger partial charge in [0.15, 0.2) is 0 Å². The summed E-state index contributed by atoms with van der Waals surface area (Å²) in [6, 6.07) is 11.5. The van der Waals surface area contributed by atoms with Gasteiger partial charge in [-0.25, -0.2) is 4.98 Å². The van der Waals surface area contributed by atoms with E-state index in [0.717, 1.165) is 41.8 Å². The zero-order chi connectivity index (χ0) is 20.1. The molecule has 0 unspecified atom stereocenters. The van der Waals surface area contributed by atoms with Gasteiger partial charge in [-0.05, 0) is 49.0 Å². The maximum Gasteiger partial charge on any atom is 0.125 e. The molecule has 0 bridgehead atoms. The van der Waals surface area contributed by atoms with Gasteiger partial charge in [-0.3, -0.25) is 4.99 Å². The first-order valence-corrected chi connectivity index (χ1v) is 10.2. The Morgan fingerprint density at radius 1 is 1.14 bits per heavy atom. The molecule has 7 heteroatoms. The molecule has 3 aromatic rings. The van der Waals surface area contributed by atoms with Gasteiger partial charge in [0, 0.05) is 22.2 Å². The molecule has 2 aromatic carbocycles. The molecule has 148 valence electrons. The Morgan fingerprint density at radius 2 is 1.93 bits per heavy atom. The highest BCUT2D eigenvalue weighted by molar-refractivity contribution is 6.35. The van der Waals surface area contributed by atoms with Crippen LogP contribution in [0.2, 0.25) is 10.0 Å². The average molecular weight is 418 g/mol. The van der Waals surface area contributed by atoms with E-state index in [0.29, 0.717) is 29.0 Å². The van der Waals surface area contributed by atoms with Crippen LogP contribution < -0.4 is 5.73 Å². The van der Waals surface area contributed by atoms with Crippen LogP contribution in [0.25, 0.3) is 11.0 Å². The third kappa shape index (κ3) is 4.85. The van der Waals surface area contributed by atoms with Crippen LogP contribution in [0.3, 0.4) is 0 Å². The normalized spacial score (nSPS) is 12.2. The number of aromatic nitrogens is 2. The second-order valence-electron chi connectivity index (χ2n) is 6.61. The molecule has 1 aromatic heterocycles. The van der Waals surface area contributed by atoms with Gasteiger partial charge in [0.1, 0.15) is 5.84 Å². The molecule has 0 saturated heterocycles. The standard InChI is InChI=1S/C21H25Cl2N5/c1-3-27(4-2)10-9-25-21(24)15-6-8-20-19(11-15)26-14-28(20)13-16-5-7-17(22)12-18(16)23/h5-8,11-12,14H,3-4,9-10,13H2,1-2H3,(H2,24,25). The molecule has 0 aliphatic heterocycles. The lowest BCUT2D eigenvalue weighted by Crippen LogP contribution is -2.26. The third-order valence-corrected chi connectivity index (χ3v) is 5.45. The van der Waals surface area contributed by atoms with Crippen LogP contribution in [0.5, 0.6) is 0 Å². The van der Waals surface area contributed by atoms with E-state index in [1.807, 2.05) is 36.7 Å². The van der Waals surface area contributed by atoms with Crippen molar-refractivity contribution in [2.24, 2.45) is 10.7 Å². The Balaban J connectivity index is 1.76. The minimum atomic E-state index is 0.546. The molecule has 0 saturated carbocycles. The van der Waals surface area contributed by atoms with E-state index in [4.69, 9.17) is 28.9 Å². The monoisotopic (exact) mass is 417 g/mol. The van der Waals surface area contributed by atoms with Gasteiger partial charge in [0.25, 0.3) is 0 Å². The highest BCUT2D eigenvalue weighted by Crippen LogP contribution is 2.23. The predicted octanol–water partition coefficient (Wildman–Crippen LogP) is 4.44. The number of benzene rings is 2. The fourth-order valence-electron chi connectivity index (χ4n) is 3.13. The van der Waals surface area contributed by atoms with Crippen molar-refractivity contribution in [3.63, 3.8) is 0 Å². The van der Waals surface area contributed by atoms with E-state index >= 15 is 0 Å². The molecule has 2 N–H and O–H groups in total. The summed E-state index contributed by atoms with van der Waals surface area (Å²) >= 11 is 12.3. The Bertz CT molecular complexity index is 976.